The maximum Gasteiger partial charge on any atom is 0.227 e. The third-order valence-electron chi connectivity index (χ3n) is 3.35. The second-order valence-electron chi connectivity index (χ2n) is 4.60. The van der Waals surface area contributed by atoms with E-state index in [1.807, 2.05) is 23.1 Å². The van der Waals surface area contributed by atoms with Crippen LogP contribution in [0, 0.1) is 0 Å². The minimum atomic E-state index is 0.204. The van der Waals surface area contributed by atoms with Gasteiger partial charge < -0.3 is 4.90 Å². The van der Waals surface area contributed by atoms with Crippen LogP contribution in [0.25, 0.3) is 0 Å². The third-order valence-corrected chi connectivity index (χ3v) is 3.35. The van der Waals surface area contributed by atoms with Crippen molar-refractivity contribution in [1.82, 2.24) is 20.2 Å². The molecule has 6 heteroatoms. The number of hydrogen-bond acceptors (Lipinski definition) is 4. The molecule has 0 N–H and O–H groups in total. The van der Waals surface area contributed by atoms with Gasteiger partial charge in [-0.3, -0.25) is 4.79 Å². The van der Waals surface area contributed by atoms with Crippen LogP contribution in [-0.2, 0) is 17.8 Å². The lowest BCUT2D eigenvalue weighted by Gasteiger charge is -2.29. The van der Waals surface area contributed by atoms with E-state index in [2.05, 4.69) is 21.6 Å². The Morgan fingerprint density at radius 2 is 2.05 bits per heavy atom. The standard InChI is InChI=1S/C13H15N5O/c19-13-7-6-11-4-1-2-5-12(11)18(13)9-3-8-17-10-14-15-16-17/h1-2,4-5,10H,3,6-9H2. The van der Waals surface area contributed by atoms with Gasteiger partial charge >= 0.3 is 0 Å². The summed E-state index contributed by atoms with van der Waals surface area (Å²) in [4.78, 5) is 13.9. The lowest BCUT2D eigenvalue weighted by Crippen LogP contribution is -2.36. The Morgan fingerprint density at radius 1 is 1.16 bits per heavy atom. The van der Waals surface area contributed by atoms with E-state index in [9.17, 15) is 4.79 Å². The summed E-state index contributed by atoms with van der Waals surface area (Å²) < 4.78 is 1.68. The molecule has 0 atom stereocenters. The van der Waals surface area contributed by atoms with Crippen molar-refractivity contribution in [3.63, 3.8) is 0 Å². The summed E-state index contributed by atoms with van der Waals surface area (Å²) in [6.07, 6.45) is 3.87. The number of rotatable bonds is 4. The summed E-state index contributed by atoms with van der Waals surface area (Å²) in [6, 6.07) is 8.11. The van der Waals surface area contributed by atoms with E-state index < -0.39 is 0 Å². The zero-order valence-electron chi connectivity index (χ0n) is 10.6. The SMILES string of the molecule is O=C1CCc2ccccc2N1CCCn1cnnn1. The first kappa shape index (κ1) is 11.8. The minimum Gasteiger partial charge on any atom is -0.312 e. The molecule has 1 amide bonds. The lowest BCUT2D eigenvalue weighted by atomic mass is 10.0. The van der Waals surface area contributed by atoms with Gasteiger partial charge in [-0.2, -0.15) is 0 Å². The van der Waals surface area contributed by atoms with E-state index in [4.69, 9.17) is 0 Å². The highest BCUT2D eigenvalue weighted by atomic mass is 16.2. The van der Waals surface area contributed by atoms with Crippen molar-refractivity contribution in [2.24, 2.45) is 0 Å². The fourth-order valence-electron chi connectivity index (χ4n) is 2.42. The number of anilines is 1. The van der Waals surface area contributed by atoms with E-state index in [1.54, 1.807) is 11.0 Å². The number of tetrazole rings is 1. The number of benzene rings is 1. The van der Waals surface area contributed by atoms with Gasteiger partial charge in [-0.1, -0.05) is 18.2 Å². The molecular formula is C13H15N5O. The normalized spacial score (nSPS) is 14.5. The molecular weight excluding hydrogens is 242 g/mol. The van der Waals surface area contributed by atoms with Crippen molar-refractivity contribution in [3.05, 3.63) is 36.2 Å². The molecule has 3 rings (SSSR count). The number of nitrogens with zero attached hydrogens (tertiary/aromatic N) is 5. The zero-order valence-corrected chi connectivity index (χ0v) is 10.6. The average Bonchev–Trinajstić information content (AvgIpc) is 2.94. The van der Waals surface area contributed by atoms with Crippen LogP contribution < -0.4 is 4.90 Å². The Hall–Kier alpha value is -2.24. The lowest BCUT2D eigenvalue weighted by molar-refractivity contribution is -0.118. The number of aromatic nitrogens is 4. The Balaban J connectivity index is 1.68. The van der Waals surface area contributed by atoms with Crippen molar-refractivity contribution in [3.8, 4) is 0 Å². The second kappa shape index (κ2) is 5.17. The summed E-state index contributed by atoms with van der Waals surface area (Å²) in [5.41, 5.74) is 2.31. The van der Waals surface area contributed by atoms with E-state index in [-0.39, 0.29) is 5.91 Å². The van der Waals surface area contributed by atoms with Crippen LogP contribution in [0.5, 0.6) is 0 Å². The largest absolute Gasteiger partial charge is 0.312 e. The molecule has 2 heterocycles. The summed E-state index contributed by atoms with van der Waals surface area (Å²) in [6.45, 7) is 1.43. The van der Waals surface area contributed by atoms with Gasteiger partial charge in [0.15, 0.2) is 0 Å². The number of aryl methyl sites for hydroxylation is 2. The first-order valence-electron chi connectivity index (χ1n) is 6.43. The number of carbonyl (C=O) groups is 1. The van der Waals surface area contributed by atoms with Gasteiger partial charge in [-0.05, 0) is 34.9 Å². The van der Waals surface area contributed by atoms with Crippen molar-refractivity contribution in [2.75, 3.05) is 11.4 Å². The Kier molecular flexibility index (Phi) is 3.22. The molecule has 6 nitrogen and oxygen atoms in total. The molecule has 2 aromatic rings. The smallest absolute Gasteiger partial charge is 0.227 e. The minimum absolute atomic E-state index is 0.204. The fourth-order valence-corrected chi connectivity index (χ4v) is 2.42. The van der Waals surface area contributed by atoms with Gasteiger partial charge in [-0.25, -0.2) is 4.68 Å². The number of fused-ring (bicyclic) bond motifs is 1. The van der Waals surface area contributed by atoms with Crippen LogP contribution in [0.15, 0.2) is 30.6 Å². The van der Waals surface area contributed by atoms with Crippen LogP contribution in [0.2, 0.25) is 0 Å². The first-order chi connectivity index (χ1) is 9.34. The van der Waals surface area contributed by atoms with Gasteiger partial charge in [0.2, 0.25) is 5.91 Å². The number of amides is 1. The molecule has 0 radical (unpaired) electrons. The zero-order chi connectivity index (χ0) is 13.1. The van der Waals surface area contributed by atoms with Crippen molar-refractivity contribution in [1.29, 1.82) is 0 Å². The number of para-hydroxylation sites is 1. The van der Waals surface area contributed by atoms with Crippen LogP contribution in [0.4, 0.5) is 5.69 Å². The summed E-state index contributed by atoms with van der Waals surface area (Å²) in [5.74, 6) is 0.204. The van der Waals surface area contributed by atoms with Crippen molar-refractivity contribution in [2.45, 2.75) is 25.8 Å². The quantitative estimate of drug-likeness (QED) is 0.821. The molecule has 98 valence electrons. The van der Waals surface area contributed by atoms with Crippen LogP contribution in [0.3, 0.4) is 0 Å². The van der Waals surface area contributed by atoms with Gasteiger partial charge in [0, 0.05) is 25.2 Å². The topological polar surface area (TPSA) is 63.9 Å². The number of carbonyl (C=O) groups excluding carboxylic acids is 1. The maximum absolute atomic E-state index is 12.0. The Bertz CT molecular complexity index is 566. The Labute approximate surface area is 111 Å². The molecule has 0 unspecified atom stereocenters. The summed E-state index contributed by atoms with van der Waals surface area (Å²) in [7, 11) is 0. The molecule has 1 aliphatic rings. The molecule has 0 saturated carbocycles. The van der Waals surface area contributed by atoms with Crippen LogP contribution in [-0.4, -0.2) is 32.7 Å². The summed E-state index contributed by atoms with van der Waals surface area (Å²) in [5, 5.41) is 11.0. The van der Waals surface area contributed by atoms with Crippen LogP contribution in [0.1, 0.15) is 18.4 Å². The highest BCUT2D eigenvalue weighted by Gasteiger charge is 2.22. The van der Waals surface area contributed by atoms with Gasteiger partial charge in [0.25, 0.3) is 0 Å². The van der Waals surface area contributed by atoms with E-state index >= 15 is 0 Å². The molecule has 0 saturated heterocycles. The molecule has 19 heavy (non-hydrogen) atoms. The second-order valence-corrected chi connectivity index (χ2v) is 4.60. The van der Waals surface area contributed by atoms with E-state index in [0.29, 0.717) is 13.0 Å². The van der Waals surface area contributed by atoms with Crippen LogP contribution >= 0.6 is 0 Å². The van der Waals surface area contributed by atoms with Gasteiger partial charge in [0.05, 0.1) is 0 Å². The molecule has 1 aromatic heterocycles. The van der Waals surface area contributed by atoms with Gasteiger partial charge in [0.1, 0.15) is 6.33 Å². The molecule has 0 spiro atoms. The fraction of sp³-hybridized carbons (Fsp3) is 0.385. The highest BCUT2D eigenvalue weighted by Crippen LogP contribution is 2.27. The average molecular weight is 257 g/mol. The van der Waals surface area contributed by atoms with Crippen molar-refractivity contribution < 1.29 is 4.79 Å². The number of hydrogen-bond donors (Lipinski definition) is 0. The molecule has 1 aromatic carbocycles. The maximum atomic E-state index is 12.0. The summed E-state index contributed by atoms with van der Waals surface area (Å²) >= 11 is 0. The van der Waals surface area contributed by atoms with Gasteiger partial charge in [-0.15, -0.1) is 5.10 Å². The first-order valence-corrected chi connectivity index (χ1v) is 6.43. The molecule has 0 aliphatic carbocycles. The molecule has 1 aliphatic heterocycles. The van der Waals surface area contributed by atoms with Crippen molar-refractivity contribution >= 4 is 11.6 Å². The monoisotopic (exact) mass is 257 g/mol. The predicted molar refractivity (Wildman–Crippen MR) is 69.6 cm³/mol. The molecule has 0 bridgehead atoms. The third kappa shape index (κ3) is 2.47. The van der Waals surface area contributed by atoms with E-state index in [0.717, 1.165) is 25.1 Å². The van der Waals surface area contributed by atoms with E-state index in [1.165, 1.54) is 5.56 Å². The highest BCUT2D eigenvalue weighted by molar-refractivity contribution is 5.96. The predicted octanol–water partition coefficient (Wildman–Crippen LogP) is 1.04. The molecule has 0 fully saturated rings. The Morgan fingerprint density at radius 3 is 2.89 bits per heavy atom.